The summed E-state index contributed by atoms with van der Waals surface area (Å²) in [4.78, 5) is 26.6. The molecule has 166 valence electrons. The van der Waals surface area contributed by atoms with Gasteiger partial charge in [-0.25, -0.2) is 0 Å². The Morgan fingerprint density at radius 1 is 0.588 bits per heavy atom. The number of hydrogen-bond donors (Lipinski definition) is 0. The molecule has 0 saturated carbocycles. The van der Waals surface area contributed by atoms with Crippen LogP contribution in [-0.2, 0) is 12.8 Å². The molecule has 0 atom stereocenters. The van der Waals surface area contributed by atoms with Gasteiger partial charge in [-0.1, -0.05) is 83.3 Å². The smallest absolute Gasteiger partial charge is 0.265 e. The molecule has 0 aliphatic rings. The van der Waals surface area contributed by atoms with Gasteiger partial charge in [-0.15, -0.1) is 30.6 Å². The summed E-state index contributed by atoms with van der Waals surface area (Å²) >= 11 is 2.34. The molecule has 4 heterocycles. The largest absolute Gasteiger partial charge is 0.297 e. The van der Waals surface area contributed by atoms with E-state index in [0.29, 0.717) is 44.2 Å². The van der Waals surface area contributed by atoms with Crippen LogP contribution in [0.15, 0.2) is 70.3 Å². The van der Waals surface area contributed by atoms with E-state index in [4.69, 9.17) is 0 Å². The van der Waals surface area contributed by atoms with E-state index in [2.05, 4.69) is 30.6 Å². The molecule has 2 aromatic carbocycles. The molecule has 10 nitrogen and oxygen atoms in total. The molecule has 0 spiro atoms. The van der Waals surface area contributed by atoms with Gasteiger partial charge in [-0.2, -0.15) is 9.03 Å². The van der Waals surface area contributed by atoms with Crippen LogP contribution in [0.1, 0.15) is 22.5 Å². The number of rotatable bonds is 5. The highest BCUT2D eigenvalue weighted by Gasteiger charge is 2.18. The Kier molecular flexibility index (Phi) is 5.00. The van der Waals surface area contributed by atoms with Crippen molar-refractivity contribution in [2.45, 2.75) is 12.8 Å². The molecule has 4 aromatic heterocycles. The Bertz CT molecular complexity index is 1630. The van der Waals surface area contributed by atoms with Crippen LogP contribution >= 0.6 is 22.7 Å². The number of fused-ring (bicyclic) bond motifs is 2. The highest BCUT2D eigenvalue weighted by atomic mass is 32.1. The third-order valence-electron chi connectivity index (χ3n) is 5.12. The fourth-order valence-electron chi connectivity index (χ4n) is 3.47. The zero-order valence-electron chi connectivity index (χ0n) is 17.4. The molecular weight excluding hydrogens is 472 g/mol. The molecule has 0 radical (unpaired) electrons. The van der Waals surface area contributed by atoms with Crippen molar-refractivity contribution in [1.82, 2.24) is 39.6 Å². The molecule has 0 fully saturated rings. The normalized spacial score (nSPS) is 11.4. The summed E-state index contributed by atoms with van der Waals surface area (Å²) in [7, 11) is 0. The van der Waals surface area contributed by atoms with Crippen molar-refractivity contribution in [3.05, 3.63) is 104 Å². The predicted molar refractivity (Wildman–Crippen MR) is 127 cm³/mol. The van der Waals surface area contributed by atoms with Crippen molar-refractivity contribution in [3.63, 3.8) is 0 Å². The van der Waals surface area contributed by atoms with Gasteiger partial charge in [0.15, 0.2) is 10.0 Å². The van der Waals surface area contributed by atoms with E-state index in [1.165, 1.54) is 31.7 Å². The maximum Gasteiger partial charge on any atom is 0.297 e. The van der Waals surface area contributed by atoms with E-state index in [1.54, 1.807) is 0 Å². The molecule has 0 aliphatic heterocycles. The quantitative estimate of drug-likeness (QED) is 0.364. The Labute approximate surface area is 198 Å². The standard InChI is InChI=1S/C22H14N8O2S2/c31-19-15(11-13-7-3-1-4-8-13)23-25-21-29(19)27-17(33-21)18-28-30-20(32)16(24-26-22(30)34-18)12-14-9-5-2-6-10-14/h1-10H,11-12H2. The predicted octanol–water partition coefficient (Wildman–Crippen LogP) is 2.25. The SMILES string of the molecule is O=c1c(Cc2ccccc2)nnc2sc(-c3nn4c(=O)c(Cc5ccccc5)nnc4s3)nn12. The molecular formula is C22H14N8O2S2. The van der Waals surface area contributed by atoms with E-state index in [1.807, 2.05) is 60.7 Å². The summed E-state index contributed by atoms with van der Waals surface area (Å²) in [6, 6.07) is 19.1. The Balaban J connectivity index is 1.37. The number of hydrogen-bond acceptors (Lipinski definition) is 10. The highest BCUT2D eigenvalue weighted by molar-refractivity contribution is 7.25. The first-order valence-corrected chi connectivity index (χ1v) is 11.9. The zero-order valence-corrected chi connectivity index (χ0v) is 19.0. The molecule has 6 aromatic rings. The van der Waals surface area contributed by atoms with Crippen molar-refractivity contribution < 1.29 is 0 Å². The Morgan fingerprint density at radius 3 is 1.41 bits per heavy atom. The number of aromatic nitrogens is 8. The van der Waals surface area contributed by atoms with Crippen molar-refractivity contribution >= 4 is 32.6 Å². The molecule has 0 N–H and O–H groups in total. The number of benzene rings is 2. The summed E-state index contributed by atoms with van der Waals surface area (Å²) in [5, 5.41) is 26.3. The monoisotopic (exact) mass is 486 g/mol. The summed E-state index contributed by atoms with van der Waals surface area (Å²) in [6.07, 6.45) is 0.720. The summed E-state index contributed by atoms with van der Waals surface area (Å²) in [6.45, 7) is 0. The third-order valence-corrected chi connectivity index (χ3v) is 7.06. The topological polar surface area (TPSA) is 120 Å². The fraction of sp³-hybridized carbons (Fsp3) is 0.0909. The molecule has 0 unspecified atom stereocenters. The van der Waals surface area contributed by atoms with Crippen molar-refractivity contribution in [2.24, 2.45) is 0 Å². The second-order valence-corrected chi connectivity index (χ2v) is 9.34. The second-order valence-electron chi connectivity index (χ2n) is 7.43. The van der Waals surface area contributed by atoms with Crippen LogP contribution in [0, 0.1) is 0 Å². The van der Waals surface area contributed by atoms with Gasteiger partial charge in [0.05, 0.1) is 0 Å². The first-order valence-electron chi connectivity index (χ1n) is 10.2. The van der Waals surface area contributed by atoms with E-state index in [0.717, 1.165) is 11.1 Å². The zero-order chi connectivity index (χ0) is 23.1. The maximum absolute atomic E-state index is 12.9. The number of nitrogens with zero attached hydrogens (tertiary/aromatic N) is 8. The van der Waals surface area contributed by atoms with Gasteiger partial charge < -0.3 is 0 Å². The minimum absolute atomic E-state index is 0.303. The van der Waals surface area contributed by atoms with Crippen molar-refractivity contribution in [2.75, 3.05) is 0 Å². The van der Waals surface area contributed by atoms with Gasteiger partial charge in [0.1, 0.15) is 11.4 Å². The van der Waals surface area contributed by atoms with Crippen LogP contribution in [0.3, 0.4) is 0 Å². The van der Waals surface area contributed by atoms with Gasteiger partial charge in [-0.05, 0) is 11.1 Å². The summed E-state index contributed by atoms with van der Waals surface area (Å²) in [5.41, 5.74) is 1.86. The van der Waals surface area contributed by atoms with E-state index < -0.39 is 0 Å². The van der Waals surface area contributed by atoms with E-state index in [9.17, 15) is 9.59 Å². The van der Waals surface area contributed by atoms with Gasteiger partial charge in [-0.3, -0.25) is 9.59 Å². The van der Waals surface area contributed by atoms with Crippen LogP contribution in [0.5, 0.6) is 0 Å². The minimum Gasteiger partial charge on any atom is -0.265 e. The van der Waals surface area contributed by atoms with E-state index >= 15 is 0 Å². The van der Waals surface area contributed by atoms with E-state index in [-0.39, 0.29) is 11.1 Å². The van der Waals surface area contributed by atoms with Crippen molar-refractivity contribution in [1.29, 1.82) is 0 Å². The molecule has 0 bridgehead atoms. The lowest BCUT2D eigenvalue weighted by atomic mass is 10.1. The molecule has 0 saturated heterocycles. The molecule has 34 heavy (non-hydrogen) atoms. The highest BCUT2D eigenvalue weighted by Crippen LogP contribution is 2.27. The lowest BCUT2D eigenvalue weighted by Gasteiger charge is -1.99. The maximum atomic E-state index is 12.9. The molecule has 6 rings (SSSR count). The lowest BCUT2D eigenvalue weighted by Crippen LogP contribution is -2.22. The Morgan fingerprint density at radius 2 is 1.00 bits per heavy atom. The molecule has 0 amide bonds. The van der Waals surface area contributed by atoms with Gasteiger partial charge in [0.25, 0.3) is 11.1 Å². The van der Waals surface area contributed by atoms with Gasteiger partial charge in [0, 0.05) is 12.8 Å². The molecule has 0 aliphatic carbocycles. The average Bonchev–Trinajstić information content (AvgIpc) is 3.50. The van der Waals surface area contributed by atoms with Crippen LogP contribution in [-0.4, -0.2) is 39.6 Å². The summed E-state index contributed by atoms with van der Waals surface area (Å²) < 4.78 is 2.46. The first kappa shape index (κ1) is 20.4. The van der Waals surface area contributed by atoms with Crippen LogP contribution in [0.4, 0.5) is 0 Å². The Hall–Kier alpha value is -4.16. The van der Waals surface area contributed by atoms with Crippen LogP contribution in [0.2, 0.25) is 0 Å². The summed E-state index contributed by atoms with van der Waals surface area (Å²) in [5.74, 6) is 0. The second kappa shape index (κ2) is 8.32. The van der Waals surface area contributed by atoms with Crippen LogP contribution < -0.4 is 11.1 Å². The lowest BCUT2D eigenvalue weighted by molar-refractivity contribution is 0.800. The van der Waals surface area contributed by atoms with Gasteiger partial charge in [0.2, 0.25) is 9.92 Å². The minimum atomic E-state index is -0.334. The van der Waals surface area contributed by atoms with Crippen LogP contribution in [0.25, 0.3) is 19.9 Å². The first-order chi connectivity index (χ1) is 16.7. The third kappa shape index (κ3) is 3.68. The molecule has 12 heteroatoms. The van der Waals surface area contributed by atoms with Crippen molar-refractivity contribution in [3.8, 4) is 10.0 Å². The average molecular weight is 487 g/mol. The fourth-order valence-corrected chi connectivity index (χ4v) is 5.15. The van der Waals surface area contributed by atoms with Gasteiger partial charge >= 0.3 is 0 Å².